The number of nitrogens with zero attached hydrogens (tertiary/aromatic N) is 2. The lowest BCUT2D eigenvalue weighted by molar-refractivity contribution is 0.0792. The predicted octanol–water partition coefficient (Wildman–Crippen LogP) is 3.86. The minimum absolute atomic E-state index is 0.0124. The van der Waals surface area contributed by atoms with Crippen molar-refractivity contribution in [3.8, 4) is 11.5 Å². The van der Waals surface area contributed by atoms with Crippen LogP contribution in [0.3, 0.4) is 0 Å². The van der Waals surface area contributed by atoms with Crippen LogP contribution in [-0.4, -0.2) is 59.7 Å². The molecule has 2 saturated heterocycles. The second-order valence-electron chi connectivity index (χ2n) is 8.65. The lowest BCUT2D eigenvalue weighted by Crippen LogP contribution is -2.37. The Balaban J connectivity index is 1.25. The number of aliphatic hydroxyl groups is 1. The molecule has 2 aromatic carbocycles. The van der Waals surface area contributed by atoms with E-state index in [9.17, 15) is 9.90 Å². The molecule has 2 aliphatic heterocycles. The van der Waals surface area contributed by atoms with Gasteiger partial charge in [0, 0.05) is 43.9 Å². The van der Waals surface area contributed by atoms with E-state index in [1.165, 1.54) is 5.56 Å². The van der Waals surface area contributed by atoms with Crippen molar-refractivity contribution in [3.05, 3.63) is 59.2 Å². The second-order valence-corrected chi connectivity index (χ2v) is 8.65. The zero-order chi connectivity index (χ0) is 22.3. The summed E-state index contributed by atoms with van der Waals surface area (Å²) in [6.45, 7) is 7.07. The van der Waals surface area contributed by atoms with E-state index in [-0.39, 0.29) is 18.6 Å². The smallest absolute Gasteiger partial charge is 0.253 e. The molecule has 32 heavy (non-hydrogen) atoms. The third-order valence-electron chi connectivity index (χ3n) is 6.33. The monoisotopic (exact) mass is 438 g/mol. The molecule has 1 amide bonds. The molecule has 6 nitrogen and oxygen atoms in total. The summed E-state index contributed by atoms with van der Waals surface area (Å²) in [4.78, 5) is 16.8. The highest BCUT2D eigenvalue weighted by Crippen LogP contribution is 2.24. The Morgan fingerprint density at radius 1 is 1.03 bits per heavy atom. The first-order valence-electron chi connectivity index (χ1n) is 11.8. The van der Waals surface area contributed by atoms with Crippen LogP contribution in [0.15, 0.2) is 42.5 Å². The molecule has 0 aromatic heterocycles. The molecule has 0 saturated carbocycles. The van der Waals surface area contributed by atoms with Gasteiger partial charge in [-0.3, -0.25) is 9.69 Å². The Morgan fingerprint density at radius 3 is 2.41 bits per heavy atom. The summed E-state index contributed by atoms with van der Waals surface area (Å²) in [5, 5.41) is 9.62. The summed E-state index contributed by atoms with van der Waals surface area (Å²) >= 11 is 0. The standard InChI is InChI=1S/C26H34N2O4/c1-2-31-25-10-5-20(17-22(25)19-29)18-27-15-11-24(12-16-27)32-23-8-6-21(7-9-23)26(30)28-13-3-4-14-28/h5-10,17,24,29H,2-4,11-16,18-19H2,1H3. The van der Waals surface area contributed by atoms with Crippen LogP contribution in [0.2, 0.25) is 0 Å². The van der Waals surface area contributed by atoms with Crippen LogP contribution in [0.1, 0.15) is 54.1 Å². The summed E-state index contributed by atoms with van der Waals surface area (Å²) in [6.07, 6.45) is 4.34. The Hall–Kier alpha value is -2.57. The number of carbonyl (C=O) groups excluding carboxylic acids is 1. The van der Waals surface area contributed by atoms with Crippen LogP contribution in [0.4, 0.5) is 0 Å². The normalized spacial score (nSPS) is 17.5. The molecule has 2 aromatic rings. The lowest BCUT2D eigenvalue weighted by Gasteiger charge is -2.32. The largest absolute Gasteiger partial charge is 0.494 e. The summed E-state index contributed by atoms with van der Waals surface area (Å²) in [5.41, 5.74) is 2.77. The van der Waals surface area contributed by atoms with Gasteiger partial charge in [0.25, 0.3) is 5.91 Å². The minimum atomic E-state index is -0.0124. The van der Waals surface area contributed by atoms with Crippen LogP contribution < -0.4 is 9.47 Å². The third-order valence-corrected chi connectivity index (χ3v) is 6.33. The number of piperidine rings is 1. The van der Waals surface area contributed by atoms with E-state index in [0.29, 0.717) is 6.61 Å². The van der Waals surface area contributed by atoms with Crippen LogP contribution in [0.25, 0.3) is 0 Å². The molecule has 1 N–H and O–H groups in total. The molecule has 0 aliphatic carbocycles. The number of hydrogen-bond donors (Lipinski definition) is 1. The molecule has 6 heteroatoms. The average molecular weight is 439 g/mol. The highest BCUT2D eigenvalue weighted by Gasteiger charge is 2.22. The zero-order valence-corrected chi connectivity index (χ0v) is 19.0. The van der Waals surface area contributed by atoms with Gasteiger partial charge in [0.15, 0.2) is 0 Å². The number of likely N-dealkylation sites (tertiary alicyclic amines) is 2. The maximum Gasteiger partial charge on any atom is 0.253 e. The topological polar surface area (TPSA) is 62.2 Å². The zero-order valence-electron chi connectivity index (χ0n) is 19.0. The van der Waals surface area contributed by atoms with Gasteiger partial charge in [-0.05, 0) is 74.6 Å². The average Bonchev–Trinajstić information content (AvgIpc) is 3.36. The first-order chi connectivity index (χ1) is 15.7. The quantitative estimate of drug-likeness (QED) is 0.678. The van der Waals surface area contributed by atoms with Crippen molar-refractivity contribution in [2.45, 2.75) is 51.9 Å². The fourth-order valence-corrected chi connectivity index (χ4v) is 4.57. The van der Waals surface area contributed by atoms with E-state index >= 15 is 0 Å². The van der Waals surface area contributed by atoms with Gasteiger partial charge < -0.3 is 19.5 Å². The van der Waals surface area contributed by atoms with E-state index in [2.05, 4.69) is 11.0 Å². The maximum atomic E-state index is 12.5. The molecule has 2 heterocycles. The van der Waals surface area contributed by atoms with Gasteiger partial charge in [0.05, 0.1) is 13.2 Å². The molecule has 2 aliphatic rings. The Kier molecular flexibility index (Phi) is 7.66. The number of ether oxygens (including phenoxy) is 2. The number of aliphatic hydroxyl groups excluding tert-OH is 1. The summed E-state index contributed by atoms with van der Waals surface area (Å²) in [7, 11) is 0. The lowest BCUT2D eigenvalue weighted by atomic mass is 10.1. The molecule has 0 bridgehead atoms. The molecule has 0 unspecified atom stereocenters. The van der Waals surface area contributed by atoms with Gasteiger partial charge >= 0.3 is 0 Å². The number of hydrogen-bond acceptors (Lipinski definition) is 5. The van der Waals surface area contributed by atoms with Crippen LogP contribution >= 0.6 is 0 Å². The van der Waals surface area contributed by atoms with Crippen molar-refractivity contribution in [2.24, 2.45) is 0 Å². The van der Waals surface area contributed by atoms with E-state index in [4.69, 9.17) is 9.47 Å². The second kappa shape index (κ2) is 10.8. The molecular weight excluding hydrogens is 404 g/mol. The third kappa shape index (κ3) is 5.61. The molecule has 4 rings (SSSR count). The number of rotatable bonds is 8. The van der Waals surface area contributed by atoms with Gasteiger partial charge in [0.2, 0.25) is 0 Å². The Labute approximate surface area is 190 Å². The fraction of sp³-hybridized carbons (Fsp3) is 0.500. The maximum absolute atomic E-state index is 12.5. The number of amides is 1. The first-order valence-corrected chi connectivity index (χ1v) is 11.8. The van der Waals surface area contributed by atoms with E-state index < -0.39 is 0 Å². The Bertz CT molecular complexity index is 885. The van der Waals surface area contributed by atoms with Gasteiger partial charge in [0.1, 0.15) is 17.6 Å². The van der Waals surface area contributed by atoms with Crippen LogP contribution in [-0.2, 0) is 13.2 Å². The van der Waals surface area contributed by atoms with Crippen LogP contribution in [0.5, 0.6) is 11.5 Å². The minimum Gasteiger partial charge on any atom is -0.494 e. The van der Waals surface area contributed by atoms with Gasteiger partial charge in [-0.2, -0.15) is 0 Å². The van der Waals surface area contributed by atoms with Gasteiger partial charge in [-0.15, -0.1) is 0 Å². The van der Waals surface area contributed by atoms with E-state index in [1.807, 2.05) is 48.2 Å². The van der Waals surface area contributed by atoms with Crippen molar-refractivity contribution >= 4 is 5.91 Å². The number of carbonyl (C=O) groups is 1. The van der Waals surface area contributed by atoms with E-state index in [1.54, 1.807) is 0 Å². The van der Waals surface area contributed by atoms with Crippen molar-refractivity contribution in [3.63, 3.8) is 0 Å². The van der Waals surface area contributed by atoms with Crippen molar-refractivity contribution < 1.29 is 19.4 Å². The van der Waals surface area contributed by atoms with Crippen molar-refractivity contribution in [2.75, 3.05) is 32.8 Å². The Morgan fingerprint density at radius 2 is 1.75 bits per heavy atom. The predicted molar refractivity (Wildman–Crippen MR) is 124 cm³/mol. The summed E-state index contributed by atoms with van der Waals surface area (Å²) in [5.74, 6) is 1.72. The van der Waals surface area contributed by atoms with Crippen LogP contribution in [0, 0.1) is 0 Å². The van der Waals surface area contributed by atoms with Gasteiger partial charge in [-0.1, -0.05) is 6.07 Å². The molecular formula is C26H34N2O4. The SMILES string of the molecule is CCOc1ccc(CN2CCC(Oc3ccc(C(=O)N4CCCC4)cc3)CC2)cc1CO. The van der Waals surface area contributed by atoms with Gasteiger partial charge in [-0.25, -0.2) is 0 Å². The molecule has 2 fully saturated rings. The first kappa shape index (κ1) is 22.6. The molecule has 0 atom stereocenters. The van der Waals surface area contributed by atoms with Crippen molar-refractivity contribution in [1.29, 1.82) is 0 Å². The highest BCUT2D eigenvalue weighted by atomic mass is 16.5. The molecule has 0 spiro atoms. The summed E-state index contributed by atoms with van der Waals surface area (Å²) < 4.78 is 11.8. The number of benzene rings is 2. The van der Waals surface area contributed by atoms with E-state index in [0.717, 1.165) is 81.0 Å². The fourth-order valence-electron chi connectivity index (χ4n) is 4.57. The van der Waals surface area contributed by atoms with Crippen molar-refractivity contribution in [1.82, 2.24) is 9.80 Å². The highest BCUT2D eigenvalue weighted by molar-refractivity contribution is 5.94. The molecule has 0 radical (unpaired) electrons. The molecule has 172 valence electrons. The summed E-state index contributed by atoms with van der Waals surface area (Å²) in [6, 6.07) is 13.7.